The van der Waals surface area contributed by atoms with E-state index in [0.717, 1.165) is 4.70 Å². The molecule has 0 saturated carbocycles. The summed E-state index contributed by atoms with van der Waals surface area (Å²) in [6, 6.07) is 2.66. The predicted octanol–water partition coefficient (Wildman–Crippen LogP) is 1.83. The van der Waals surface area contributed by atoms with Gasteiger partial charge in [0, 0.05) is 6.07 Å². The van der Waals surface area contributed by atoms with E-state index in [4.69, 9.17) is 5.73 Å². The largest absolute Gasteiger partial charge is 0.375 e. The number of anilines is 1. The number of aromatic nitrogens is 1. The zero-order valence-corrected chi connectivity index (χ0v) is 7.27. The Balaban J connectivity index is 2.79. The molecule has 0 aliphatic rings. The minimum atomic E-state index is -0.562. The third kappa shape index (κ3) is 1.27. The second-order valence-electron chi connectivity index (χ2n) is 2.51. The van der Waals surface area contributed by atoms with Crippen LogP contribution in [0.1, 0.15) is 10.4 Å². The summed E-state index contributed by atoms with van der Waals surface area (Å²) in [5.41, 5.74) is 5.96. The van der Waals surface area contributed by atoms with Gasteiger partial charge in [0.05, 0.1) is 15.8 Å². The summed E-state index contributed by atoms with van der Waals surface area (Å²) in [5, 5.41) is 0.373. The number of carbonyl (C=O) groups is 1. The number of benzene rings is 1. The Bertz CT molecular complexity index is 480. The maximum atomic E-state index is 13.0. The molecule has 0 spiro atoms. The summed E-state index contributed by atoms with van der Waals surface area (Å²) in [7, 11) is 0. The molecular weight excluding hydrogens is 191 g/mol. The smallest absolute Gasteiger partial charge is 0.181 e. The Hall–Kier alpha value is -1.49. The molecule has 1 heterocycles. The minimum absolute atomic E-state index is 0.0381. The third-order valence-electron chi connectivity index (χ3n) is 1.65. The number of nitrogen functional groups attached to an aromatic ring is 1. The first-order valence-electron chi connectivity index (χ1n) is 3.51. The highest BCUT2D eigenvalue weighted by Gasteiger charge is 2.07. The molecule has 0 radical (unpaired) electrons. The number of thiazole rings is 1. The molecule has 1 aromatic carbocycles. The average molecular weight is 196 g/mol. The number of hydrogen-bond acceptors (Lipinski definition) is 4. The van der Waals surface area contributed by atoms with Crippen molar-refractivity contribution in [2.24, 2.45) is 0 Å². The lowest BCUT2D eigenvalue weighted by atomic mass is 10.2. The molecule has 2 aromatic rings. The van der Waals surface area contributed by atoms with Crippen LogP contribution < -0.4 is 5.73 Å². The molecule has 0 aliphatic heterocycles. The van der Waals surface area contributed by atoms with E-state index in [2.05, 4.69) is 4.98 Å². The van der Waals surface area contributed by atoms with Crippen molar-refractivity contribution < 1.29 is 9.18 Å². The first kappa shape index (κ1) is 8.12. The zero-order valence-electron chi connectivity index (χ0n) is 6.45. The average Bonchev–Trinajstić information content (AvgIpc) is 2.42. The Kier molecular flexibility index (Phi) is 1.73. The maximum Gasteiger partial charge on any atom is 0.181 e. The molecular formula is C8H5FN2OS. The van der Waals surface area contributed by atoms with Crippen LogP contribution in [0.2, 0.25) is 0 Å². The Labute approximate surface area is 77.0 Å². The summed E-state index contributed by atoms with van der Waals surface area (Å²) < 4.78 is 13.7. The SMILES string of the molecule is Nc1nc2cc(F)c(C=O)cc2s1. The van der Waals surface area contributed by atoms with Crippen molar-refractivity contribution in [2.45, 2.75) is 0 Å². The van der Waals surface area contributed by atoms with E-state index in [-0.39, 0.29) is 5.56 Å². The lowest BCUT2D eigenvalue weighted by molar-refractivity contribution is 0.112. The van der Waals surface area contributed by atoms with E-state index in [0.29, 0.717) is 16.9 Å². The summed E-state index contributed by atoms with van der Waals surface area (Å²) in [6.07, 6.45) is 0.477. The molecule has 0 saturated heterocycles. The molecule has 0 unspecified atom stereocenters. The van der Waals surface area contributed by atoms with Gasteiger partial charge in [-0.1, -0.05) is 11.3 Å². The van der Waals surface area contributed by atoms with Crippen molar-refractivity contribution in [1.82, 2.24) is 4.98 Å². The van der Waals surface area contributed by atoms with Crippen LogP contribution >= 0.6 is 11.3 Å². The number of nitrogens with zero attached hydrogens (tertiary/aromatic N) is 1. The lowest BCUT2D eigenvalue weighted by Crippen LogP contribution is -1.86. The molecule has 0 amide bonds. The van der Waals surface area contributed by atoms with Gasteiger partial charge in [-0.25, -0.2) is 9.37 Å². The number of nitrogens with two attached hydrogens (primary N) is 1. The van der Waals surface area contributed by atoms with Gasteiger partial charge < -0.3 is 5.73 Å². The fourth-order valence-corrected chi connectivity index (χ4v) is 1.84. The van der Waals surface area contributed by atoms with Crippen molar-refractivity contribution >= 4 is 33.0 Å². The predicted molar refractivity (Wildman–Crippen MR) is 49.4 cm³/mol. The molecule has 13 heavy (non-hydrogen) atoms. The molecule has 3 nitrogen and oxygen atoms in total. The van der Waals surface area contributed by atoms with E-state index in [1.165, 1.54) is 23.5 Å². The molecule has 5 heteroatoms. The molecule has 2 N–H and O–H groups in total. The second kappa shape index (κ2) is 2.77. The van der Waals surface area contributed by atoms with Crippen LogP contribution in [0.5, 0.6) is 0 Å². The number of rotatable bonds is 1. The van der Waals surface area contributed by atoms with Gasteiger partial charge in [0.2, 0.25) is 0 Å². The fourth-order valence-electron chi connectivity index (χ4n) is 1.07. The summed E-state index contributed by atoms with van der Waals surface area (Å²) in [4.78, 5) is 14.3. The zero-order chi connectivity index (χ0) is 9.42. The standard InChI is InChI=1S/C8H5FN2OS/c9-5-2-6-7(1-4(5)3-12)13-8(10)11-6/h1-3H,(H2,10,11). The van der Waals surface area contributed by atoms with Gasteiger partial charge in [-0.3, -0.25) is 4.79 Å². The van der Waals surface area contributed by atoms with Crippen molar-refractivity contribution in [3.8, 4) is 0 Å². The summed E-state index contributed by atoms with van der Waals surface area (Å²) >= 11 is 1.23. The van der Waals surface area contributed by atoms with Crippen LogP contribution in [0.15, 0.2) is 12.1 Å². The van der Waals surface area contributed by atoms with E-state index in [1.54, 1.807) is 0 Å². The molecule has 2 rings (SSSR count). The maximum absolute atomic E-state index is 13.0. The van der Waals surface area contributed by atoms with Crippen LogP contribution in [0, 0.1) is 5.82 Å². The topological polar surface area (TPSA) is 56.0 Å². The van der Waals surface area contributed by atoms with Gasteiger partial charge in [0.25, 0.3) is 0 Å². The lowest BCUT2D eigenvalue weighted by Gasteiger charge is -1.92. The fraction of sp³-hybridized carbons (Fsp3) is 0. The van der Waals surface area contributed by atoms with Crippen LogP contribution in [0.3, 0.4) is 0 Å². The summed E-state index contributed by atoms with van der Waals surface area (Å²) in [5.74, 6) is -0.562. The molecule has 0 fully saturated rings. The first-order valence-corrected chi connectivity index (χ1v) is 4.33. The van der Waals surface area contributed by atoms with Crippen molar-refractivity contribution in [3.05, 3.63) is 23.5 Å². The van der Waals surface area contributed by atoms with Crippen molar-refractivity contribution in [2.75, 3.05) is 5.73 Å². The van der Waals surface area contributed by atoms with Crippen LogP contribution in [0.4, 0.5) is 9.52 Å². The normalized spacial score (nSPS) is 10.5. The van der Waals surface area contributed by atoms with E-state index in [9.17, 15) is 9.18 Å². The van der Waals surface area contributed by atoms with E-state index < -0.39 is 5.82 Å². The Morgan fingerprint density at radius 3 is 3.00 bits per heavy atom. The van der Waals surface area contributed by atoms with Gasteiger partial charge in [-0.2, -0.15) is 0 Å². The van der Waals surface area contributed by atoms with E-state index >= 15 is 0 Å². The highest BCUT2D eigenvalue weighted by molar-refractivity contribution is 7.22. The van der Waals surface area contributed by atoms with Crippen molar-refractivity contribution in [3.63, 3.8) is 0 Å². The molecule has 66 valence electrons. The molecule has 1 aromatic heterocycles. The quantitative estimate of drug-likeness (QED) is 0.708. The van der Waals surface area contributed by atoms with Gasteiger partial charge >= 0.3 is 0 Å². The van der Waals surface area contributed by atoms with E-state index in [1.807, 2.05) is 0 Å². The highest BCUT2D eigenvalue weighted by Crippen LogP contribution is 2.25. The minimum Gasteiger partial charge on any atom is -0.375 e. The number of carbonyl (C=O) groups excluding carboxylic acids is 1. The van der Waals surface area contributed by atoms with Gasteiger partial charge in [0.1, 0.15) is 5.82 Å². The second-order valence-corrected chi connectivity index (χ2v) is 3.57. The number of fused-ring (bicyclic) bond motifs is 1. The highest BCUT2D eigenvalue weighted by atomic mass is 32.1. The van der Waals surface area contributed by atoms with Crippen LogP contribution in [-0.4, -0.2) is 11.3 Å². The van der Waals surface area contributed by atoms with Gasteiger partial charge in [-0.05, 0) is 6.07 Å². The first-order chi connectivity index (χ1) is 6.20. The number of aldehydes is 1. The summed E-state index contributed by atoms with van der Waals surface area (Å²) in [6.45, 7) is 0. The van der Waals surface area contributed by atoms with Gasteiger partial charge in [0.15, 0.2) is 11.4 Å². The van der Waals surface area contributed by atoms with Crippen LogP contribution in [0.25, 0.3) is 10.2 Å². The Morgan fingerprint density at radius 1 is 1.54 bits per heavy atom. The van der Waals surface area contributed by atoms with Crippen LogP contribution in [-0.2, 0) is 0 Å². The number of halogens is 1. The molecule has 0 aliphatic carbocycles. The molecule has 0 atom stereocenters. The van der Waals surface area contributed by atoms with Gasteiger partial charge in [-0.15, -0.1) is 0 Å². The number of hydrogen-bond donors (Lipinski definition) is 1. The van der Waals surface area contributed by atoms with Crippen molar-refractivity contribution in [1.29, 1.82) is 0 Å². The third-order valence-corrected chi connectivity index (χ3v) is 2.50. The monoisotopic (exact) mass is 196 g/mol. The Morgan fingerprint density at radius 2 is 2.31 bits per heavy atom. The molecule has 0 bridgehead atoms.